The first kappa shape index (κ1) is 21.9. The van der Waals surface area contributed by atoms with Crippen molar-refractivity contribution in [1.29, 1.82) is 5.26 Å². The third kappa shape index (κ3) is 4.07. The predicted molar refractivity (Wildman–Crippen MR) is 121 cm³/mol. The minimum atomic E-state index is -0.443. The molecule has 0 bridgehead atoms. The summed E-state index contributed by atoms with van der Waals surface area (Å²) in [6.45, 7) is 4.44. The van der Waals surface area contributed by atoms with Crippen LogP contribution in [-0.4, -0.2) is 16.8 Å². The molecule has 1 aliphatic heterocycles. The Balaban J connectivity index is 1.70. The van der Waals surface area contributed by atoms with Crippen LogP contribution in [-0.2, 0) is 6.61 Å². The largest absolute Gasteiger partial charge is 0.490 e. The fourth-order valence-corrected chi connectivity index (χ4v) is 4.08. The number of ether oxygens (including phenoxy) is 3. The molecule has 7 nitrogen and oxygen atoms in total. The third-order valence-corrected chi connectivity index (χ3v) is 5.72. The number of allylic oxidation sites excluding steroid dienone is 1. The molecule has 1 atom stereocenters. The van der Waals surface area contributed by atoms with Crippen LogP contribution >= 0.6 is 23.2 Å². The minimum Gasteiger partial charge on any atom is -0.490 e. The van der Waals surface area contributed by atoms with Crippen molar-refractivity contribution < 1.29 is 14.2 Å². The molecule has 9 heteroatoms. The van der Waals surface area contributed by atoms with Crippen molar-refractivity contribution in [3.8, 4) is 23.4 Å². The summed E-state index contributed by atoms with van der Waals surface area (Å²) >= 11 is 12.2. The second-order valence-corrected chi connectivity index (χ2v) is 8.00. The summed E-state index contributed by atoms with van der Waals surface area (Å²) in [6, 6.07) is 12.9. The van der Waals surface area contributed by atoms with Crippen LogP contribution in [0.25, 0.3) is 0 Å². The number of aromatic amines is 1. The van der Waals surface area contributed by atoms with Crippen LogP contribution in [0.1, 0.15) is 35.2 Å². The van der Waals surface area contributed by atoms with Crippen molar-refractivity contribution in [3.05, 3.63) is 80.3 Å². The Labute approximate surface area is 195 Å². The van der Waals surface area contributed by atoms with Crippen molar-refractivity contribution in [2.45, 2.75) is 26.4 Å². The normalized spacial score (nSPS) is 15.0. The van der Waals surface area contributed by atoms with Crippen LogP contribution in [0, 0.1) is 18.3 Å². The molecule has 0 aliphatic carbocycles. The predicted octanol–water partition coefficient (Wildman–Crippen LogP) is 5.22. The fourth-order valence-electron chi connectivity index (χ4n) is 3.62. The van der Waals surface area contributed by atoms with Crippen molar-refractivity contribution >= 4 is 23.2 Å². The van der Waals surface area contributed by atoms with E-state index in [9.17, 15) is 5.26 Å². The maximum atomic E-state index is 9.75. The SMILES string of the molecule is CCOc1cc([C@@H]2C(C#N)=C(N)Oc3n[nH]c(C)c32)ccc1OCc1ccc(Cl)cc1Cl. The van der Waals surface area contributed by atoms with Crippen LogP contribution in [0.3, 0.4) is 0 Å². The number of hydrogen-bond donors (Lipinski definition) is 2. The number of nitriles is 1. The number of nitrogens with zero attached hydrogens (tertiary/aromatic N) is 2. The number of halogens is 2. The van der Waals surface area contributed by atoms with E-state index in [1.807, 2.05) is 32.0 Å². The number of rotatable bonds is 6. The number of benzene rings is 2. The lowest BCUT2D eigenvalue weighted by Crippen LogP contribution is -2.21. The summed E-state index contributed by atoms with van der Waals surface area (Å²) in [7, 11) is 0. The maximum absolute atomic E-state index is 9.75. The summed E-state index contributed by atoms with van der Waals surface area (Å²) in [6.07, 6.45) is 0. The van der Waals surface area contributed by atoms with Gasteiger partial charge in [-0.3, -0.25) is 5.10 Å². The van der Waals surface area contributed by atoms with Crippen molar-refractivity contribution in [1.82, 2.24) is 10.2 Å². The zero-order valence-electron chi connectivity index (χ0n) is 17.4. The van der Waals surface area contributed by atoms with Gasteiger partial charge < -0.3 is 19.9 Å². The van der Waals surface area contributed by atoms with Gasteiger partial charge in [-0.05, 0) is 43.7 Å². The smallest absolute Gasteiger partial charge is 0.244 e. The van der Waals surface area contributed by atoms with Gasteiger partial charge in [-0.1, -0.05) is 35.3 Å². The molecule has 1 aromatic heterocycles. The Bertz CT molecular complexity index is 1250. The van der Waals surface area contributed by atoms with Gasteiger partial charge in [0, 0.05) is 26.9 Å². The molecule has 3 aromatic rings. The van der Waals surface area contributed by atoms with E-state index in [0.29, 0.717) is 39.6 Å². The standard InChI is InChI=1S/C23H20Cl2N4O3/c1-3-30-19-8-13(5-7-18(19)31-11-14-4-6-15(24)9-17(14)25)21-16(10-26)22(27)32-23-20(21)12(2)28-29-23/h4-9,21H,3,11,27H2,1-2H3,(H,28,29)/t21-/m1/s1. The van der Waals surface area contributed by atoms with Crippen LogP contribution in [0.4, 0.5) is 0 Å². The van der Waals surface area contributed by atoms with Gasteiger partial charge in [0.05, 0.1) is 12.5 Å². The molecule has 1 aliphatic rings. The number of nitrogens with two attached hydrogens (primary N) is 1. The Kier molecular flexibility index (Phi) is 6.17. The third-order valence-electron chi connectivity index (χ3n) is 5.13. The van der Waals surface area contributed by atoms with Gasteiger partial charge in [-0.15, -0.1) is 5.10 Å². The van der Waals surface area contributed by atoms with E-state index >= 15 is 0 Å². The Morgan fingerprint density at radius 3 is 2.72 bits per heavy atom. The monoisotopic (exact) mass is 470 g/mol. The highest BCUT2D eigenvalue weighted by molar-refractivity contribution is 6.35. The number of hydrogen-bond acceptors (Lipinski definition) is 6. The summed E-state index contributed by atoms with van der Waals surface area (Å²) < 4.78 is 17.4. The van der Waals surface area contributed by atoms with Crippen LogP contribution in [0.15, 0.2) is 47.9 Å². The van der Waals surface area contributed by atoms with E-state index in [2.05, 4.69) is 16.3 Å². The molecule has 0 spiro atoms. The van der Waals surface area contributed by atoms with Gasteiger partial charge in [-0.2, -0.15) is 5.26 Å². The molecule has 3 N–H and O–H groups in total. The molecule has 4 rings (SSSR count). The molecule has 0 amide bonds. The fraction of sp³-hybridized carbons (Fsp3) is 0.217. The average molecular weight is 471 g/mol. The highest BCUT2D eigenvalue weighted by Crippen LogP contribution is 2.44. The maximum Gasteiger partial charge on any atom is 0.244 e. The second kappa shape index (κ2) is 9.03. The lowest BCUT2D eigenvalue weighted by Gasteiger charge is -2.24. The summed E-state index contributed by atoms with van der Waals surface area (Å²) in [5.74, 6) is 1.04. The quantitative estimate of drug-likeness (QED) is 0.511. The van der Waals surface area contributed by atoms with Gasteiger partial charge in [0.1, 0.15) is 18.2 Å². The molecule has 2 heterocycles. The number of H-pyrrole nitrogens is 1. The summed E-state index contributed by atoms with van der Waals surface area (Å²) in [5.41, 5.74) is 9.48. The summed E-state index contributed by atoms with van der Waals surface area (Å²) in [5, 5.41) is 17.9. The first-order valence-electron chi connectivity index (χ1n) is 9.88. The van der Waals surface area contributed by atoms with E-state index in [1.165, 1.54) is 0 Å². The first-order valence-corrected chi connectivity index (χ1v) is 10.6. The van der Waals surface area contributed by atoms with Crippen LogP contribution in [0.2, 0.25) is 10.0 Å². The zero-order valence-corrected chi connectivity index (χ0v) is 18.9. The van der Waals surface area contributed by atoms with E-state index in [4.69, 9.17) is 43.1 Å². The Hall–Kier alpha value is -3.34. The highest BCUT2D eigenvalue weighted by atomic mass is 35.5. The molecule has 0 radical (unpaired) electrons. The van der Waals surface area contributed by atoms with E-state index in [0.717, 1.165) is 22.4 Å². The Morgan fingerprint density at radius 2 is 2.00 bits per heavy atom. The van der Waals surface area contributed by atoms with E-state index < -0.39 is 5.92 Å². The lowest BCUT2D eigenvalue weighted by atomic mass is 9.84. The van der Waals surface area contributed by atoms with Gasteiger partial charge in [0.25, 0.3) is 0 Å². The van der Waals surface area contributed by atoms with Gasteiger partial charge in [0.2, 0.25) is 11.8 Å². The molecule has 0 unspecified atom stereocenters. The average Bonchev–Trinajstić information content (AvgIpc) is 3.13. The van der Waals surface area contributed by atoms with Crippen molar-refractivity contribution in [2.75, 3.05) is 6.61 Å². The summed E-state index contributed by atoms with van der Waals surface area (Å²) in [4.78, 5) is 0. The zero-order chi connectivity index (χ0) is 22.8. The van der Waals surface area contributed by atoms with Gasteiger partial charge in [-0.25, -0.2) is 0 Å². The molecule has 0 saturated carbocycles. The minimum absolute atomic E-state index is 0.0344. The molecule has 2 aromatic carbocycles. The number of nitrogens with one attached hydrogen (secondary N) is 1. The molecule has 32 heavy (non-hydrogen) atoms. The number of aromatic nitrogens is 2. The first-order chi connectivity index (χ1) is 15.4. The van der Waals surface area contributed by atoms with Crippen LogP contribution in [0.5, 0.6) is 17.4 Å². The second-order valence-electron chi connectivity index (χ2n) is 7.16. The topological polar surface area (TPSA) is 106 Å². The number of fused-ring (bicyclic) bond motifs is 1. The van der Waals surface area contributed by atoms with Crippen LogP contribution < -0.4 is 19.9 Å². The van der Waals surface area contributed by atoms with Crippen molar-refractivity contribution in [2.24, 2.45) is 5.73 Å². The molecule has 164 valence electrons. The van der Waals surface area contributed by atoms with Gasteiger partial charge >= 0.3 is 0 Å². The number of aryl methyl sites for hydroxylation is 1. The molecule has 0 fully saturated rings. The van der Waals surface area contributed by atoms with Crippen molar-refractivity contribution in [3.63, 3.8) is 0 Å². The lowest BCUT2D eigenvalue weighted by molar-refractivity contribution is 0.269. The Morgan fingerprint density at radius 1 is 1.19 bits per heavy atom. The molecular weight excluding hydrogens is 451 g/mol. The van der Waals surface area contributed by atoms with E-state index in [-0.39, 0.29) is 12.5 Å². The highest BCUT2D eigenvalue weighted by Gasteiger charge is 2.34. The van der Waals surface area contributed by atoms with Gasteiger partial charge in [0.15, 0.2) is 11.5 Å². The van der Waals surface area contributed by atoms with E-state index in [1.54, 1.807) is 18.2 Å². The molecule has 0 saturated heterocycles. The molecular formula is C23H20Cl2N4O3.